The maximum Gasteiger partial charge on any atom is 0.257 e. The van der Waals surface area contributed by atoms with Crippen molar-refractivity contribution in [3.63, 3.8) is 0 Å². The van der Waals surface area contributed by atoms with Crippen molar-refractivity contribution in [3.05, 3.63) is 63.9 Å². The predicted octanol–water partition coefficient (Wildman–Crippen LogP) is 4.86. The van der Waals surface area contributed by atoms with E-state index >= 15 is 0 Å². The van der Waals surface area contributed by atoms with Gasteiger partial charge in [-0.15, -0.1) is 0 Å². The minimum absolute atomic E-state index is 0.111. The minimum atomic E-state index is -0.459. The van der Waals surface area contributed by atoms with Crippen LogP contribution in [0.2, 0.25) is 5.02 Å². The van der Waals surface area contributed by atoms with Crippen molar-refractivity contribution in [2.75, 3.05) is 5.32 Å². The lowest BCUT2D eigenvalue weighted by Gasteiger charge is -2.15. The molecule has 0 aliphatic heterocycles. The molecule has 21 heavy (non-hydrogen) atoms. The van der Waals surface area contributed by atoms with Crippen LogP contribution >= 0.6 is 11.6 Å². The predicted molar refractivity (Wildman–Crippen MR) is 84.6 cm³/mol. The van der Waals surface area contributed by atoms with E-state index in [1.165, 1.54) is 12.1 Å². The third kappa shape index (κ3) is 3.42. The molecule has 110 valence electrons. The first-order valence-electron chi connectivity index (χ1n) is 6.94. The highest BCUT2D eigenvalue weighted by atomic mass is 35.5. The van der Waals surface area contributed by atoms with E-state index in [0.717, 1.165) is 35.7 Å². The molecule has 4 heteroatoms. The first-order valence-corrected chi connectivity index (χ1v) is 7.31. The summed E-state index contributed by atoms with van der Waals surface area (Å²) in [6.07, 6.45) is 1.64. The number of rotatable bonds is 4. The second-order valence-electron chi connectivity index (χ2n) is 4.74. The molecule has 1 N–H and O–H groups in total. The summed E-state index contributed by atoms with van der Waals surface area (Å²) in [4.78, 5) is 12.4. The molecule has 0 bridgehead atoms. The standard InChI is InChI=1S/C17H17ClFNO/c1-3-11-6-5-7-12(4-2)16(11)20-17(21)14-9-8-13(19)10-15(14)18/h5-10H,3-4H2,1-2H3,(H,20,21). The van der Waals surface area contributed by atoms with Gasteiger partial charge in [0.25, 0.3) is 5.91 Å². The Kier molecular flexibility index (Phi) is 4.97. The molecule has 0 heterocycles. The van der Waals surface area contributed by atoms with Gasteiger partial charge in [0, 0.05) is 5.69 Å². The summed E-state index contributed by atoms with van der Waals surface area (Å²) >= 11 is 5.94. The SMILES string of the molecule is CCc1cccc(CC)c1NC(=O)c1ccc(F)cc1Cl. The Morgan fingerprint density at radius 3 is 2.29 bits per heavy atom. The Morgan fingerprint density at radius 2 is 1.76 bits per heavy atom. The van der Waals surface area contributed by atoms with Crippen LogP contribution in [-0.4, -0.2) is 5.91 Å². The van der Waals surface area contributed by atoms with E-state index in [9.17, 15) is 9.18 Å². The van der Waals surface area contributed by atoms with Crippen LogP contribution in [-0.2, 0) is 12.8 Å². The molecule has 2 aromatic rings. The molecule has 0 unspecified atom stereocenters. The Labute approximate surface area is 128 Å². The average Bonchev–Trinajstić information content (AvgIpc) is 2.47. The van der Waals surface area contributed by atoms with Crippen LogP contribution in [0.1, 0.15) is 35.3 Å². The number of amides is 1. The van der Waals surface area contributed by atoms with Gasteiger partial charge in [-0.25, -0.2) is 4.39 Å². The topological polar surface area (TPSA) is 29.1 Å². The van der Waals surface area contributed by atoms with Gasteiger partial charge >= 0.3 is 0 Å². The molecule has 0 saturated heterocycles. The molecule has 2 aromatic carbocycles. The summed E-state index contributed by atoms with van der Waals surface area (Å²) in [5.74, 6) is -0.782. The first-order chi connectivity index (χ1) is 10.1. The molecule has 2 rings (SSSR count). The Morgan fingerprint density at radius 1 is 1.14 bits per heavy atom. The summed E-state index contributed by atoms with van der Waals surface area (Å²) < 4.78 is 13.1. The molecule has 0 saturated carbocycles. The van der Waals surface area contributed by atoms with Crippen molar-refractivity contribution in [2.45, 2.75) is 26.7 Å². The first kappa shape index (κ1) is 15.5. The van der Waals surface area contributed by atoms with Gasteiger partial charge in [-0.05, 0) is 42.2 Å². The Bertz CT molecular complexity index is 648. The number of aryl methyl sites for hydroxylation is 2. The zero-order valence-electron chi connectivity index (χ0n) is 12.0. The van der Waals surface area contributed by atoms with Crippen LogP contribution in [0.25, 0.3) is 0 Å². The van der Waals surface area contributed by atoms with E-state index in [1.54, 1.807) is 0 Å². The molecule has 2 nitrogen and oxygen atoms in total. The summed E-state index contributed by atoms with van der Waals surface area (Å²) in [5.41, 5.74) is 3.24. The molecule has 0 fully saturated rings. The van der Waals surface area contributed by atoms with E-state index in [2.05, 4.69) is 5.32 Å². The smallest absolute Gasteiger partial charge is 0.257 e. The van der Waals surface area contributed by atoms with Gasteiger partial charge in [0.2, 0.25) is 0 Å². The second kappa shape index (κ2) is 6.72. The van der Waals surface area contributed by atoms with E-state index in [-0.39, 0.29) is 16.5 Å². The number of hydrogen-bond donors (Lipinski definition) is 1. The van der Waals surface area contributed by atoms with E-state index < -0.39 is 5.82 Å². The van der Waals surface area contributed by atoms with Crippen molar-refractivity contribution in [2.24, 2.45) is 0 Å². The highest BCUT2D eigenvalue weighted by Crippen LogP contribution is 2.25. The number of carbonyl (C=O) groups excluding carboxylic acids is 1. The van der Waals surface area contributed by atoms with Gasteiger partial charge in [0.05, 0.1) is 10.6 Å². The van der Waals surface area contributed by atoms with Gasteiger partial charge in [-0.3, -0.25) is 4.79 Å². The third-order valence-electron chi connectivity index (χ3n) is 3.41. The lowest BCUT2D eigenvalue weighted by Crippen LogP contribution is -2.15. The fourth-order valence-electron chi connectivity index (χ4n) is 2.26. The second-order valence-corrected chi connectivity index (χ2v) is 5.14. The number of carbonyl (C=O) groups is 1. The summed E-state index contributed by atoms with van der Waals surface area (Å²) in [7, 11) is 0. The fourth-order valence-corrected chi connectivity index (χ4v) is 2.51. The summed E-state index contributed by atoms with van der Waals surface area (Å²) in [6, 6.07) is 9.73. The molecular weight excluding hydrogens is 289 g/mol. The number of hydrogen-bond acceptors (Lipinski definition) is 1. The molecule has 0 atom stereocenters. The third-order valence-corrected chi connectivity index (χ3v) is 3.73. The molecule has 0 spiro atoms. The lowest BCUT2D eigenvalue weighted by molar-refractivity contribution is 0.102. The number of anilines is 1. The van der Waals surface area contributed by atoms with Crippen LogP contribution in [0.15, 0.2) is 36.4 Å². The number of para-hydroxylation sites is 1. The number of benzene rings is 2. The van der Waals surface area contributed by atoms with Crippen molar-refractivity contribution < 1.29 is 9.18 Å². The maximum atomic E-state index is 13.1. The summed E-state index contributed by atoms with van der Waals surface area (Å²) in [5, 5.41) is 3.02. The van der Waals surface area contributed by atoms with Gasteiger partial charge in [-0.1, -0.05) is 43.6 Å². The minimum Gasteiger partial charge on any atom is -0.321 e. The van der Waals surface area contributed by atoms with Crippen LogP contribution in [0, 0.1) is 5.82 Å². The molecule has 0 radical (unpaired) electrons. The Balaban J connectivity index is 2.35. The largest absolute Gasteiger partial charge is 0.321 e. The normalized spacial score (nSPS) is 10.5. The maximum absolute atomic E-state index is 13.1. The van der Waals surface area contributed by atoms with Crippen LogP contribution in [0.3, 0.4) is 0 Å². The number of nitrogens with one attached hydrogen (secondary N) is 1. The van der Waals surface area contributed by atoms with Gasteiger partial charge in [-0.2, -0.15) is 0 Å². The highest BCUT2D eigenvalue weighted by Gasteiger charge is 2.14. The monoisotopic (exact) mass is 305 g/mol. The fraction of sp³-hybridized carbons (Fsp3) is 0.235. The zero-order chi connectivity index (χ0) is 15.4. The van der Waals surface area contributed by atoms with Crippen LogP contribution in [0.5, 0.6) is 0 Å². The van der Waals surface area contributed by atoms with Gasteiger partial charge < -0.3 is 5.32 Å². The zero-order valence-corrected chi connectivity index (χ0v) is 12.8. The van der Waals surface area contributed by atoms with E-state index in [4.69, 9.17) is 11.6 Å². The molecule has 0 aromatic heterocycles. The average molecular weight is 306 g/mol. The molecule has 1 amide bonds. The van der Waals surface area contributed by atoms with Crippen molar-refractivity contribution in [1.82, 2.24) is 0 Å². The molecule has 0 aliphatic carbocycles. The van der Waals surface area contributed by atoms with Crippen molar-refractivity contribution in [3.8, 4) is 0 Å². The number of halogens is 2. The highest BCUT2D eigenvalue weighted by molar-refractivity contribution is 6.34. The van der Waals surface area contributed by atoms with Crippen molar-refractivity contribution >= 4 is 23.2 Å². The molecular formula is C17H17ClFNO. The van der Waals surface area contributed by atoms with Crippen molar-refractivity contribution in [1.29, 1.82) is 0 Å². The van der Waals surface area contributed by atoms with Crippen LogP contribution < -0.4 is 5.32 Å². The lowest BCUT2D eigenvalue weighted by atomic mass is 10.0. The molecule has 0 aliphatic rings. The van der Waals surface area contributed by atoms with E-state index in [0.29, 0.717) is 0 Å². The quantitative estimate of drug-likeness (QED) is 0.859. The van der Waals surface area contributed by atoms with Gasteiger partial charge in [0.15, 0.2) is 0 Å². The summed E-state index contributed by atoms with van der Waals surface area (Å²) in [6.45, 7) is 4.07. The van der Waals surface area contributed by atoms with E-state index in [1.807, 2.05) is 32.0 Å². The van der Waals surface area contributed by atoms with Crippen LogP contribution in [0.4, 0.5) is 10.1 Å². The van der Waals surface area contributed by atoms with Gasteiger partial charge in [0.1, 0.15) is 5.82 Å². The Hall–Kier alpha value is -1.87.